The Morgan fingerprint density at radius 3 is 1.77 bits per heavy atom. The third-order valence-electron chi connectivity index (χ3n) is 4.59. The fourth-order valence-electron chi connectivity index (χ4n) is 2.79. The maximum absolute atomic E-state index is 13.0. The first kappa shape index (κ1) is 22.7. The largest absolute Gasteiger partial charge is 0.278 e. The van der Waals surface area contributed by atoms with Crippen LogP contribution in [-0.4, -0.2) is 28.3 Å². The molecule has 0 spiro atoms. The maximum Gasteiger partial charge on any atom is 0.238 e. The molecule has 3 aromatic carbocycles. The molecule has 0 atom stereocenters. The average molecular weight is 458 g/mol. The van der Waals surface area contributed by atoms with Crippen LogP contribution in [0, 0.1) is 13.8 Å². The fraction of sp³-hybridized carbons (Fsp3) is 0.136. The maximum atomic E-state index is 13.0. The highest BCUT2D eigenvalue weighted by atomic mass is 32.2. The van der Waals surface area contributed by atoms with Gasteiger partial charge in [-0.25, -0.2) is 22.0 Å². The van der Waals surface area contributed by atoms with Gasteiger partial charge >= 0.3 is 0 Å². The van der Waals surface area contributed by atoms with Crippen molar-refractivity contribution in [3.8, 4) is 0 Å². The molecule has 3 rings (SSSR count). The van der Waals surface area contributed by atoms with Crippen LogP contribution in [0.1, 0.15) is 16.7 Å². The van der Waals surface area contributed by atoms with E-state index >= 15 is 0 Å². The van der Waals surface area contributed by atoms with Crippen molar-refractivity contribution in [1.82, 2.24) is 0 Å². The Morgan fingerprint density at radius 2 is 1.26 bits per heavy atom. The van der Waals surface area contributed by atoms with Gasteiger partial charge in [0.15, 0.2) is 9.84 Å². The van der Waals surface area contributed by atoms with Crippen molar-refractivity contribution in [2.75, 3.05) is 11.2 Å². The summed E-state index contributed by atoms with van der Waals surface area (Å²) in [6, 6.07) is 19.7. The van der Waals surface area contributed by atoms with Crippen molar-refractivity contribution in [1.29, 1.82) is 0 Å². The molecular weight excluding hydrogens is 434 g/mol. The number of rotatable bonds is 7. The SMILES string of the molecule is Cc1ccc(C(CS(=O)(=O)c2ccc(C)cc2)=NNc2ccc(S(N)(=O)=O)cc2)cc1. The molecule has 0 fully saturated rings. The molecule has 0 amide bonds. The van der Waals surface area contributed by atoms with E-state index in [1.165, 1.54) is 24.3 Å². The third-order valence-corrected chi connectivity index (χ3v) is 7.17. The van der Waals surface area contributed by atoms with Gasteiger partial charge in [-0.05, 0) is 55.8 Å². The summed E-state index contributed by atoms with van der Waals surface area (Å²) < 4.78 is 48.7. The molecule has 0 aliphatic rings. The number of anilines is 1. The standard InChI is InChI=1S/C22H23N3O4S2/c1-16-3-7-18(8-4-16)22(15-30(26,27)20-11-5-17(2)6-12-20)25-24-19-9-13-21(14-10-19)31(23,28)29/h3-14,24H,15H2,1-2H3,(H2,23,28,29). The summed E-state index contributed by atoms with van der Waals surface area (Å²) in [5.74, 6) is -0.304. The average Bonchev–Trinajstić information content (AvgIpc) is 2.72. The molecule has 0 unspecified atom stereocenters. The van der Waals surface area contributed by atoms with E-state index < -0.39 is 19.9 Å². The number of nitrogens with two attached hydrogens (primary N) is 1. The van der Waals surface area contributed by atoms with Crippen LogP contribution in [-0.2, 0) is 19.9 Å². The third kappa shape index (κ3) is 6.00. The minimum atomic E-state index is -3.80. The Morgan fingerprint density at radius 1 is 0.774 bits per heavy atom. The topological polar surface area (TPSA) is 119 Å². The summed E-state index contributed by atoms with van der Waals surface area (Å²) >= 11 is 0. The molecule has 162 valence electrons. The summed E-state index contributed by atoms with van der Waals surface area (Å²) in [5.41, 5.74) is 6.30. The van der Waals surface area contributed by atoms with E-state index in [0.29, 0.717) is 17.0 Å². The van der Waals surface area contributed by atoms with E-state index in [9.17, 15) is 16.8 Å². The van der Waals surface area contributed by atoms with Crippen LogP contribution in [0.5, 0.6) is 0 Å². The smallest absolute Gasteiger partial charge is 0.238 e. The lowest BCUT2D eigenvalue weighted by Gasteiger charge is -2.10. The highest BCUT2D eigenvalue weighted by molar-refractivity contribution is 7.92. The molecule has 0 aliphatic heterocycles. The zero-order chi connectivity index (χ0) is 22.6. The number of hydrogen-bond acceptors (Lipinski definition) is 6. The first-order chi connectivity index (χ1) is 14.5. The number of nitrogens with zero attached hydrogens (tertiary/aromatic N) is 1. The van der Waals surface area contributed by atoms with E-state index in [2.05, 4.69) is 10.5 Å². The summed E-state index contributed by atoms with van der Waals surface area (Å²) in [7, 11) is -7.43. The molecule has 3 N–H and O–H groups in total. The lowest BCUT2D eigenvalue weighted by Crippen LogP contribution is -2.19. The summed E-state index contributed by atoms with van der Waals surface area (Å²) in [5, 5.41) is 9.43. The first-order valence-electron chi connectivity index (χ1n) is 9.36. The molecule has 0 radical (unpaired) electrons. The molecule has 0 saturated heterocycles. The number of sulfonamides is 1. The Balaban J connectivity index is 1.93. The number of aryl methyl sites for hydroxylation is 2. The normalized spacial score (nSPS) is 12.5. The van der Waals surface area contributed by atoms with Crippen molar-refractivity contribution < 1.29 is 16.8 Å². The molecule has 0 aromatic heterocycles. The fourth-order valence-corrected chi connectivity index (χ4v) is 4.61. The Hall–Kier alpha value is -3.01. The molecule has 0 aliphatic carbocycles. The molecule has 3 aromatic rings. The highest BCUT2D eigenvalue weighted by Gasteiger charge is 2.19. The van der Waals surface area contributed by atoms with Crippen LogP contribution in [0.15, 0.2) is 87.7 Å². The van der Waals surface area contributed by atoms with E-state index in [1.807, 2.05) is 38.1 Å². The van der Waals surface area contributed by atoms with Gasteiger partial charge in [-0.3, -0.25) is 5.43 Å². The molecule has 31 heavy (non-hydrogen) atoms. The van der Waals surface area contributed by atoms with Gasteiger partial charge in [-0.2, -0.15) is 5.10 Å². The second-order valence-corrected chi connectivity index (χ2v) is 10.7. The molecule has 9 heteroatoms. The van der Waals surface area contributed by atoms with E-state index in [0.717, 1.165) is 11.1 Å². The first-order valence-corrected chi connectivity index (χ1v) is 12.6. The Bertz CT molecular complexity index is 1300. The van der Waals surface area contributed by atoms with Crippen LogP contribution < -0.4 is 10.6 Å². The zero-order valence-electron chi connectivity index (χ0n) is 17.1. The summed E-state index contributed by atoms with van der Waals surface area (Å²) in [6.45, 7) is 3.83. The highest BCUT2D eigenvalue weighted by Crippen LogP contribution is 2.17. The molecular formula is C22H23N3O4S2. The monoisotopic (exact) mass is 457 g/mol. The van der Waals surface area contributed by atoms with Gasteiger partial charge in [-0.1, -0.05) is 47.5 Å². The Labute approximate surface area is 182 Å². The van der Waals surface area contributed by atoms with Crippen LogP contribution in [0.4, 0.5) is 5.69 Å². The lowest BCUT2D eigenvalue weighted by molar-refractivity contribution is 0.596. The predicted octanol–water partition coefficient (Wildman–Crippen LogP) is 3.24. The number of hydrogen-bond donors (Lipinski definition) is 2. The van der Waals surface area contributed by atoms with E-state index in [1.54, 1.807) is 24.3 Å². The molecule has 0 saturated carbocycles. The lowest BCUT2D eigenvalue weighted by atomic mass is 10.1. The van der Waals surface area contributed by atoms with Gasteiger partial charge in [-0.15, -0.1) is 0 Å². The van der Waals surface area contributed by atoms with E-state index in [-0.39, 0.29) is 15.5 Å². The van der Waals surface area contributed by atoms with Crippen molar-refractivity contribution in [2.24, 2.45) is 10.2 Å². The van der Waals surface area contributed by atoms with Crippen molar-refractivity contribution in [3.05, 3.63) is 89.5 Å². The van der Waals surface area contributed by atoms with Crippen LogP contribution in [0.3, 0.4) is 0 Å². The van der Waals surface area contributed by atoms with E-state index in [4.69, 9.17) is 5.14 Å². The number of primary sulfonamides is 1. The predicted molar refractivity (Wildman–Crippen MR) is 122 cm³/mol. The van der Waals surface area contributed by atoms with Gasteiger partial charge in [0, 0.05) is 0 Å². The number of hydrazone groups is 1. The number of benzene rings is 3. The van der Waals surface area contributed by atoms with Crippen molar-refractivity contribution in [3.63, 3.8) is 0 Å². The Kier molecular flexibility index (Phi) is 6.59. The van der Waals surface area contributed by atoms with Crippen molar-refractivity contribution in [2.45, 2.75) is 23.6 Å². The van der Waals surface area contributed by atoms with Gasteiger partial charge < -0.3 is 0 Å². The molecule has 7 nitrogen and oxygen atoms in total. The van der Waals surface area contributed by atoms with Crippen molar-refractivity contribution >= 4 is 31.3 Å². The molecule has 0 heterocycles. The van der Waals surface area contributed by atoms with Gasteiger partial charge in [0.25, 0.3) is 0 Å². The van der Waals surface area contributed by atoms with Gasteiger partial charge in [0.2, 0.25) is 10.0 Å². The quantitative estimate of drug-likeness (QED) is 0.417. The van der Waals surface area contributed by atoms with Crippen LogP contribution in [0.25, 0.3) is 0 Å². The van der Waals surface area contributed by atoms with Crippen LogP contribution >= 0.6 is 0 Å². The van der Waals surface area contributed by atoms with Gasteiger partial charge in [0.1, 0.15) is 0 Å². The second kappa shape index (κ2) is 9.01. The minimum absolute atomic E-state index is 0.0252. The molecule has 0 bridgehead atoms. The van der Waals surface area contributed by atoms with Crippen LogP contribution in [0.2, 0.25) is 0 Å². The second-order valence-electron chi connectivity index (χ2n) is 7.18. The number of sulfone groups is 1. The van der Waals surface area contributed by atoms with Gasteiger partial charge in [0.05, 0.1) is 26.9 Å². The number of nitrogens with one attached hydrogen (secondary N) is 1. The zero-order valence-corrected chi connectivity index (χ0v) is 18.7. The summed E-state index contributed by atoms with van der Waals surface area (Å²) in [6.07, 6.45) is 0. The minimum Gasteiger partial charge on any atom is -0.278 e. The summed E-state index contributed by atoms with van der Waals surface area (Å²) in [4.78, 5) is 0.193.